The van der Waals surface area contributed by atoms with E-state index < -0.39 is 18.3 Å². The molecule has 0 aromatic heterocycles. The molecule has 0 amide bonds. The van der Waals surface area contributed by atoms with Crippen LogP contribution >= 0.6 is 0 Å². The molecule has 5 heteroatoms. The molecule has 0 saturated carbocycles. The standard InChI is InChI=1S/C12H23NO4/c14-7-10-12(16)11(15)9(8-17-10)6-13-4-2-1-3-5-13/h9-12,14-16H,1-8H2/t9-,10-,11-,12+/m1/s1. The summed E-state index contributed by atoms with van der Waals surface area (Å²) in [6.07, 6.45) is 1.32. The number of hydrogen-bond donors (Lipinski definition) is 3. The summed E-state index contributed by atoms with van der Waals surface area (Å²) in [6, 6.07) is 0. The maximum atomic E-state index is 10.0. The van der Waals surface area contributed by atoms with Gasteiger partial charge in [0.15, 0.2) is 0 Å². The second-order valence-electron chi connectivity index (χ2n) is 5.16. The molecular weight excluding hydrogens is 222 g/mol. The zero-order valence-corrected chi connectivity index (χ0v) is 10.2. The van der Waals surface area contributed by atoms with Gasteiger partial charge in [0.25, 0.3) is 0 Å². The molecule has 5 nitrogen and oxygen atoms in total. The highest BCUT2D eigenvalue weighted by Crippen LogP contribution is 2.22. The van der Waals surface area contributed by atoms with Crippen LogP contribution in [0.4, 0.5) is 0 Å². The predicted octanol–water partition coefficient (Wildman–Crippen LogP) is -0.799. The molecule has 0 aromatic carbocycles. The van der Waals surface area contributed by atoms with E-state index in [0.717, 1.165) is 19.6 Å². The summed E-state index contributed by atoms with van der Waals surface area (Å²) in [5.74, 6) is -0.0501. The molecule has 17 heavy (non-hydrogen) atoms. The van der Waals surface area contributed by atoms with Crippen LogP contribution in [0.1, 0.15) is 19.3 Å². The third-order valence-electron chi connectivity index (χ3n) is 3.86. The van der Waals surface area contributed by atoms with Gasteiger partial charge >= 0.3 is 0 Å². The Kier molecular flexibility index (Phi) is 4.76. The number of aliphatic hydroxyl groups excluding tert-OH is 3. The summed E-state index contributed by atoms with van der Waals surface area (Å²) in [7, 11) is 0. The summed E-state index contributed by atoms with van der Waals surface area (Å²) < 4.78 is 5.38. The van der Waals surface area contributed by atoms with Crippen molar-refractivity contribution in [2.75, 3.05) is 32.8 Å². The quantitative estimate of drug-likeness (QED) is 0.607. The lowest BCUT2D eigenvalue weighted by atomic mass is 9.91. The molecule has 2 fully saturated rings. The van der Waals surface area contributed by atoms with Crippen LogP contribution in [0.3, 0.4) is 0 Å². The van der Waals surface area contributed by atoms with Gasteiger partial charge in [0.1, 0.15) is 12.2 Å². The average Bonchev–Trinajstić information content (AvgIpc) is 2.37. The van der Waals surface area contributed by atoms with Crippen LogP contribution in [-0.4, -0.2) is 71.4 Å². The summed E-state index contributed by atoms with van der Waals surface area (Å²) in [5.41, 5.74) is 0. The number of likely N-dealkylation sites (tertiary alicyclic amines) is 1. The molecule has 100 valence electrons. The van der Waals surface area contributed by atoms with Gasteiger partial charge in [-0.2, -0.15) is 0 Å². The van der Waals surface area contributed by atoms with E-state index in [1.807, 2.05) is 0 Å². The maximum absolute atomic E-state index is 10.0. The Bertz CT molecular complexity index is 233. The summed E-state index contributed by atoms with van der Waals surface area (Å²) in [6.45, 7) is 3.09. The number of hydrogen-bond acceptors (Lipinski definition) is 5. The normalized spacial score (nSPS) is 40.4. The van der Waals surface area contributed by atoms with Crippen LogP contribution in [-0.2, 0) is 4.74 Å². The first-order chi connectivity index (χ1) is 8.22. The summed E-state index contributed by atoms with van der Waals surface area (Å²) in [4.78, 5) is 2.33. The Balaban J connectivity index is 1.84. The van der Waals surface area contributed by atoms with Gasteiger partial charge in [0, 0.05) is 12.5 Å². The van der Waals surface area contributed by atoms with Crippen molar-refractivity contribution in [2.45, 2.75) is 37.6 Å². The Morgan fingerprint density at radius 1 is 1.06 bits per heavy atom. The molecule has 4 atom stereocenters. The highest BCUT2D eigenvalue weighted by molar-refractivity contribution is 4.88. The van der Waals surface area contributed by atoms with Crippen LogP contribution in [0.2, 0.25) is 0 Å². The molecule has 2 aliphatic rings. The van der Waals surface area contributed by atoms with E-state index in [1.54, 1.807) is 0 Å². The Morgan fingerprint density at radius 2 is 1.76 bits per heavy atom. The van der Waals surface area contributed by atoms with Crippen LogP contribution < -0.4 is 0 Å². The Labute approximate surface area is 102 Å². The second-order valence-corrected chi connectivity index (χ2v) is 5.16. The lowest BCUT2D eigenvalue weighted by Gasteiger charge is -2.39. The van der Waals surface area contributed by atoms with Crippen molar-refractivity contribution >= 4 is 0 Å². The highest BCUT2D eigenvalue weighted by Gasteiger charge is 2.38. The largest absolute Gasteiger partial charge is 0.394 e. The fourth-order valence-corrected chi connectivity index (χ4v) is 2.74. The van der Waals surface area contributed by atoms with Crippen molar-refractivity contribution < 1.29 is 20.1 Å². The molecule has 0 radical (unpaired) electrons. The Morgan fingerprint density at radius 3 is 2.41 bits per heavy atom. The van der Waals surface area contributed by atoms with Crippen LogP contribution in [0.25, 0.3) is 0 Å². The van der Waals surface area contributed by atoms with E-state index in [0.29, 0.717) is 6.61 Å². The van der Waals surface area contributed by atoms with E-state index in [2.05, 4.69) is 4.90 Å². The summed E-state index contributed by atoms with van der Waals surface area (Å²) >= 11 is 0. The van der Waals surface area contributed by atoms with Gasteiger partial charge in [-0.1, -0.05) is 6.42 Å². The Hall–Kier alpha value is -0.200. The van der Waals surface area contributed by atoms with Gasteiger partial charge in [-0.3, -0.25) is 0 Å². The molecule has 2 heterocycles. The topological polar surface area (TPSA) is 73.2 Å². The first kappa shape index (κ1) is 13.2. The molecule has 2 rings (SSSR count). The van der Waals surface area contributed by atoms with Gasteiger partial charge in [-0.15, -0.1) is 0 Å². The van der Waals surface area contributed by atoms with Crippen molar-refractivity contribution in [3.63, 3.8) is 0 Å². The third-order valence-corrected chi connectivity index (χ3v) is 3.86. The van der Waals surface area contributed by atoms with E-state index in [9.17, 15) is 10.2 Å². The average molecular weight is 245 g/mol. The molecular formula is C12H23NO4. The maximum Gasteiger partial charge on any atom is 0.109 e. The van der Waals surface area contributed by atoms with Crippen molar-refractivity contribution in [3.05, 3.63) is 0 Å². The smallest absolute Gasteiger partial charge is 0.109 e. The van der Waals surface area contributed by atoms with E-state index in [1.165, 1.54) is 19.3 Å². The highest BCUT2D eigenvalue weighted by atomic mass is 16.5. The van der Waals surface area contributed by atoms with Gasteiger partial charge in [-0.25, -0.2) is 0 Å². The van der Waals surface area contributed by atoms with E-state index in [-0.39, 0.29) is 12.5 Å². The monoisotopic (exact) mass is 245 g/mol. The van der Waals surface area contributed by atoms with Crippen LogP contribution in [0.15, 0.2) is 0 Å². The van der Waals surface area contributed by atoms with Gasteiger partial charge in [-0.05, 0) is 25.9 Å². The minimum atomic E-state index is -0.969. The molecule has 3 N–H and O–H groups in total. The minimum Gasteiger partial charge on any atom is -0.394 e. The molecule has 0 aliphatic carbocycles. The van der Waals surface area contributed by atoms with Crippen molar-refractivity contribution in [1.29, 1.82) is 0 Å². The zero-order chi connectivity index (χ0) is 12.3. The van der Waals surface area contributed by atoms with Crippen molar-refractivity contribution in [3.8, 4) is 0 Å². The zero-order valence-electron chi connectivity index (χ0n) is 10.2. The van der Waals surface area contributed by atoms with Gasteiger partial charge < -0.3 is 25.0 Å². The fraction of sp³-hybridized carbons (Fsp3) is 1.00. The number of aliphatic hydroxyl groups is 3. The molecule has 0 bridgehead atoms. The number of ether oxygens (including phenoxy) is 1. The lowest BCUT2D eigenvalue weighted by Crippen LogP contribution is -2.54. The molecule has 0 spiro atoms. The second kappa shape index (κ2) is 6.11. The first-order valence-corrected chi connectivity index (χ1v) is 6.53. The molecule has 2 aliphatic heterocycles. The van der Waals surface area contributed by atoms with E-state index >= 15 is 0 Å². The SMILES string of the molecule is OC[C@H]1OC[C@@H](CN2CCCCC2)[C@@H](O)[C@H]1O. The number of piperidine rings is 1. The predicted molar refractivity (Wildman–Crippen MR) is 62.6 cm³/mol. The van der Waals surface area contributed by atoms with Gasteiger partial charge in [0.05, 0.1) is 19.3 Å². The van der Waals surface area contributed by atoms with Crippen molar-refractivity contribution in [2.24, 2.45) is 5.92 Å². The third kappa shape index (κ3) is 3.17. The van der Waals surface area contributed by atoms with Gasteiger partial charge in [0.2, 0.25) is 0 Å². The van der Waals surface area contributed by atoms with Crippen molar-refractivity contribution in [1.82, 2.24) is 4.90 Å². The fourth-order valence-electron chi connectivity index (χ4n) is 2.74. The number of nitrogens with zero attached hydrogens (tertiary/aromatic N) is 1. The van der Waals surface area contributed by atoms with Crippen LogP contribution in [0, 0.1) is 5.92 Å². The molecule has 0 unspecified atom stereocenters. The molecule has 0 aromatic rings. The number of rotatable bonds is 3. The lowest BCUT2D eigenvalue weighted by molar-refractivity contribution is -0.178. The summed E-state index contributed by atoms with van der Waals surface area (Å²) in [5, 5.41) is 28.8. The minimum absolute atomic E-state index is 0.0501. The van der Waals surface area contributed by atoms with E-state index in [4.69, 9.17) is 9.84 Å². The first-order valence-electron chi connectivity index (χ1n) is 6.53. The molecule has 2 saturated heterocycles. The van der Waals surface area contributed by atoms with Crippen LogP contribution in [0.5, 0.6) is 0 Å².